The molecule has 5 atom stereocenters. The normalized spacial score (nSPS) is 26.6. The van der Waals surface area contributed by atoms with Crippen molar-refractivity contribution in [2.75, 3.05) is 6.61 Å². The maximum absolute atomic E-state index is 12.7. The van der Waals surface area contributed by atoms with E-state index in [2.05, 4.69) is 10.9 Å². The molecule has 4 rings (SSSR count). The van der Waals surface area contributed by atoms with Crippen molar-refractivity contribution in [3.8, 4) is 0 Å². The average Bonchev–Trinajstić information content (AvgIpc) is 3.43. The van der Waals surface area contributed by atoms with Gasteiger partial charge in [-0.1, -0.05) is 35.9 Å². The van der Waals surface area contributed by atoms with Crippen LogP contribution in [0.25, 0.3) is 0 Å². The summed E-state index contributed by atoms with van der Waals surface area (Å²) in [5, 5.41) is 0.211. The third-order valence-electron chi connectivity index (χ3n) is 6.01. The molecule has 2 N–H and O–H groups in total. The number of benzene rings is 1. The third-order valence-corrected chi connectivity index (χ3v) is 6.34. The Kier molecular flexibility index (Phi) is 5.53. The van der Waals surface area contributed by atoms with Crippen LogP contribution in [0.3, 0.4) is 0 Å². The minimum absolute atomic E-state index is 0.0344. The van der Waals surface area contributed by atoms with Gasteiger partial charge in [-0.05, 0) is 37.3 Å². The predicted molar refractivity (Wildman–Crippen MR) is 107 cm³/mol. The molecule has 2 bridgehead atoms. The molecular weight excluding hydrogens is 426 g/mol. The molecule has 2 aliphatic carbocycles. The molecule has 4 amide bonds. The van der Waals surface area contributed by atoms with E-state index in [1.165, 1.54) is 19.1 Å². The van der Waals surface area contributed by atoms with E-state index in [-0.39, 0.29) is 34.2 Å². The lowest BCUT2D eigenvalue weighted by atomic mass is 9.85. The highest BCUT2D eigenvalue weighted by Crippen LogP contribution is 2.52. The van der Waals surface area contributed by atoms with Crippen molar-refractivity contribution in [3.05, 3.63) is 47.0 Å². The van der Waals surface area contributed by atoms with Gasteiger partial charge in [0.25, 0.3) is 11.8 Å². The maximum Gasteiger partial charge on any atom is 0.329 e. The first-order valence-corrected chi connectivity index (χ1v) is 10.2. The number of allylic oxidation sites excluding steroid dienone is 2. The van der Waals surface area contributed by atoms with Crippen LogP contribution in [-0.2, 0) is 23.9 Å². The first-order chi connectivity index (χ1) is 14.8. The number of nitrogens with one attached hydrogen (secondary N) is 2. The molecule has 1 aromatic carbocycles. The van der Waals surface area contributed by atoms with Crippen LogP contribution >= 0.6 is 11.6 Å². The fourth-order valence-electron chi connectivity index (χ4n) is 4.55. The molecule has 1 aromatic rings. The molecule has 1 saturated carbocycles. The Labute approximate surface area is 182 Å². The Hall–Kier alpha value is -3.20. The smallest absolute Gasteiger partial charge is 0.329 e. The summed E-state index contributed by atoms with van der Waals surface area (Å²) in [5.74, 6) is -3.81. The number of rotatable bonds is 5. The molecule has 0 spiro atoms. The number of imide groups is 1. The van der Waals surface area contributed by atoms with Gasteiger partial charge in [0.05, 0.1) is 22.4 Å². The summed E-state index contributed by atoms with van der Waals surface area (Å²) in [7, 11) is 0. The van der Waals surface area contributed by atoms with Gasteiger partial charge in [-0.2, -0.15) is 0 Å². The van der Waals surface area contributed by atoms with E-state index in [9.17, 15) is 24.0 Å². The molecule has 31 heavy (non-hydrogen) atoms. The Morgan fingerprint density at radius 1 is 1.10 bits per heavy atom. The molecule has 3 aliphatic rings. The summed E-state index contributed by atoms with van der Waals surface area (Å²) in [5.41, 5.74) is 4.44. The minimum Gasteiger partial charge on any atom is -0.454 e. The molecule has 2 fully saturated rings. The maximum atomic E-state index is 12.7. The molecule has 1 saturated heterocycles. The van der Waals surface area contributed by atoms with Crippen molar-refractivity contribution in [2.45, 2.75) is 19.4 Å². The number of likely N-dealkylation sites (tertiary alicyclic amines) is 1. The summed E-state index contributed by atoms with van der Waals surface area (Å²) >= 11 is 5.91. The minimum atomic E-state index is -1.14. The van der Waals surface area contributed by atoms with Gasteiger partial charge in [-0.25, -0.2) is 4.79 Å². The lowest BCUT2D eigenvalue weighted by Crippen LogP contribution is -2.47. The zero-order valence-corrected chi connectivity index (χ0v) is 17.3. The molecule has 0 unspecified atom stereocenters. The second-order valence-electron chi connectivity index (χ2n) is 7.81. The quantitative estimate of drug-likeness (QED) is 0.300. The van der Waals surface area contributed by atoms with E-state index in [0.717, 1.165) is 11.3 Å². The fourth-order valence-corrected chi connectivity index (χ4v) is 4.77. The van der Waals surface area contributed by atoms with E-state index >= 15 is 0 Å². The summed E-state index contributed by atoms with van der Waals surface area (Å²) in [4.78, 5) is 62.7. The van der Waals surface area contributed by atoms with E-state index in [0.29, 0.717) is 0 Å². The van der Waals surface area contributed by atoms with Crippen LogP contribution in [0.5, 0.6) is 0 Å². The molecule has 0 radical (unpaired) electrons. The van der Waals surface area contributed by atoms with E-state index < -0.39 is 42.3 Å². The second kappa shape index (κ2) is 8.14. The van der Waals surface area contributed by atoms with Gasteiger partial charge in [0.1, 0.15) is 6.04 Å². The van der Waals surface area contributed by atoms with Crippen molar-refractivity contribution in [1.82, 2.24) is 15.8 Å². The SMILES string of the molecule is C[C@H](C(=O)OCC(=O)NNC(=O)c1ccccc1Cl)N1C(=O)[C@@H]2[C@H](C1=O)[C@H]1C=C[C@H]2C1. The van der Waals surface area contributed by atoms with Crippen LogP contribution < -0.4 is 10.9 Å². The van der Waals surface area contributed by atoms with Gasteiger partial charge < -0.3 is 4.74 Å². The highest BCUT2D eigenvalue weighted by Gasteiger charge is 2.60. The number of carbonyl (C=O) groups is 5. The zero-order valence-electron chi connectivity index (χ0n) is 16.5. The van der Waals surface area contributed by atoms with E-state index in [1.54, 1.807) is 12.1 Å². The number of nitrogens with zero attached hydrogens (tertiary/aromatic N) is 1. The number of esters is 1. The lowest BCUT2D eigenvalue weighted by molar-refractivity contribution is -0.160. The average molecular weight is 446 g/mol. The summed E-state index contributed by atoms with van der Waals surface area (Å²) in [6.07, 6.45) is 4.72. The number of hydrogen-bond donors (Lipinski definition) is 2. The fraction of sp³-hybridized carbons (Fsp3) is 0.381. The van der Waals surface area contributed by atoms with Gasteiger partial charge >= 0.3 is 5.97 Å². The zero-order chi connectivity index (χ0) is 22.3. The monoisotopic (exact) mass is 445 g/mol. The standard InChI is InChI=1S/C21H20ClN3O6/c1-10(25-19(28)16-11-6-7-12(8-11)17(16)20(25)29)21(30)31-9-15(26)23-24-18(27)13-4-2-3-5-14(13)22/h2-7,10-12,16-17H,8-9H2,1H3,(H,23,26)(H,24,27)/t10-,11+,12+,16-,17+/m1/s1. The number of ether oxygens (including phenoxy) is 1. The number of hydrogen-bond acceptors (Lipinski definition) is 6. The van der Waals surface area contributed by atoms with Crippen molar-refractivity contribution < 1.29 is 28.7 Å². The summed E-state index contributed by atoms with van der Waals surface area (Å²) < 4.78 is 4.94. The van der Waals surface area contributed by atoms with Crippen molar-refractivity contribution >= 4 is 41.2 Å². The molecule has 1 aliphatic heterocycles. The van der Waals surface area contributed by atoms with Crippen LogP contribution in [0.4, 0.5) is 0 Å². The van der Waals surface area contributed by atoms with Crippen molar-refractivity contribution in [3.63, 3.8) is 0 Å². The molecular formula is C21H20ClN3O6. The summed E-state index contributed by atoms with van der Waals surface area (Å²) in [6.45, 7) is 0.702. The number of carbonyl (C=O) groups excluding carboxylic acids is 5. The van der Waals surface area contributed by atoms with Crippen LogP contribution in [0.15, 0.2) is 36.4 Å². The second-order valence-corrected chi connectivity index (χ2v) is 8.22. The number of fused-ring (bicyclic) bond motifs is 5. The number of amides is 4. The highest BCUT2D eigenvalue weighted by atomic mass is 35.5. The summed E-state index contributed by atoms with van der Waals surface area (Å²) in [6, 6.07) is 5.13. The van der Waals surface area contributed by atoms with E-state index in [1.807, 2.05) is 12.2 Å². The highest BCUT2D eigenvalue weighted by molar-refractivity contribution is 6.33. The van der Waals surface area contributed by atoms with Gasteiger partial charge in [-0.15, -0.1) is 0 Å². The van der Waals surface area contributed by atoms with Crippen LogP contribution in [-0.4, -0.2) is 47.1 Å². The molecule has 9 nitrogen and oxygen atoms in total. The molecule has 162 valence electrons. The first-order valence-electron chi connectivity index (χ1n) is 9.85. The molecule has 0 aromatic heterocycles. The van der Waals surface area contributed by atoms with Crippen LogP contribution in [0.1, 0.15) is 23.7 Å². The first kappa shape index (κ1) is 21.0. The lowest BCUT2D eigenvalue weighted by Gasteiger charge is -2.23. The van der Waals surface area contributed by atoms with E-state index in [4.69, 9.17) is 16.3 Å². The number of halogens is 1. The Bertz CT molecular complexity index is 979. The Morgan fingerprint density at radius 3 is 2.32 bits per heavy atom. The number of hydrazine groups is 1. The topological polar surface area (TPSA) is 122 Å². The third kappa shape index (κ3) is 3.69. The molecule has 10 heteroatoms. The van der Waals surface area contributed by atoms with Gasteiger partial charge in [0.15, 0.2) is 6.61 Å². The molecule has 1 heterocycles. The van der Waals surface area contributed by atoms with Gasteiger partial charge in [-0.3, -0.25) is 34.9 Å². The van der Waals surface area contributed by atoms with Crippen LogP contribution in [0, 0.1) is 23.7 Å². The van der Waals surface area contributed by atoms with Gasteiger partial charge in [0, 0.05) is 0 Å². The Morgan fingerprint density at radius 2 is 1.71 bits per heavy atom. The van der Waals surface area contributed by atoms with Crippen LogP contribution in [0.2, 0.25) is 5.02 Å². The predicted octanol–water partition coefficient (Wildman–Crippen LogP) is 0.840. The van der Waals surface area contributed by atoms with Gasteiger partial charge in [0.2, 0.25) is 11.8 Å². The van der Waals surface area contributed by atoms with Crippen molar-refractivity contribution in [2.24, 2.45) is 23.7 Å². The Balaban J connectivity index is 1.27. The van der Waals surface area contributed by atoms with Crippen molar-refractivity contribution in [1.29, 1.82) is 0 Å². The largest absolute Gasteiger partial charge is 0.454 e.